The van der Waals surface area contributed by atoms with Crippen LogP contribution in [0.15, 0.2) is 24.3 Å². The van der Waals surface area contributed by atoms with E-state index in [1.54, 1.807) is 7.11 Å². The largest absolute Gasteiger partial charge is 0.497 e. The fourth-order valence-electron chi connectivity index (χ4n) is 2.60. The number of anilines is 1. The van der Waals surface area contributed by atoms with Gasteiger partial charge in [-0.15, -0.1) is 0 Å². The summed E-state index contributed by atoms with van der Waals surface area (Å²) in [5.41, 5.74) is 7.32. The second-order valence-electron chi connectivity index (χ2n) is 6.65. The summed E-state index contributed by atoms with van der Waals surface area (Å²) in [6.45, 7) is 10.8. The third-order valence-corrected chi connectivity index (χ3v) is 4.45. The molecule has 21 heavy (non-hydrogen) atoms. The van der Waals surface area contributed by atoms with Crippen molar-refractivity contribution in [1.29, 1.82) is 0 Å². The lowest BCUT2D eigenvalue weighted by atomic mass is 9.89. The number of benzene rings is 1. The van der Waals surface area contributed by atoms with Gasteiger partial charge in [-0.1, -0.05) is 19.9 Å². The lowest BCUT2D eigenvalue weighted by molar-refractivity contribution is 0.211. The van der Waals surface area contributed by atoms with Gasteiger partial charge in [-0.3, -0.25) is 4.90 Å². The summed E-state index contributed by atoms with van der Waals surface area (Å²) >= 11 is 0. The van der Waals surface area contributed by atoms with Crippen LogP contribution in [0.4, 0.5) is 5.69 Å². The second kappa shape index (κ2) is 7.14. The highest BCUT2D eigenvalue weighted by Gasteiger charge is 2.21. The van der Waals surface area contributed by atoms with Gasteiger partial charge in [0, 0.05) is 37.9 Å². The van der Waals surface area contributed by atoms with E-state index in [9.17, 15) is 0 Å². The molecule has 4 heteroatoms. The zero-order chi connectivity index (χ0) is 15.3. The van der Waals surface area contributed by atoms with Gasteiger partial charge in [-0.2, -0.15) is 0 Å². The Balaban J connectivity index is 1.82. The highest BCUT2D eigenvalue weighted by Crippen LogP contribution is 2.23. The zero-order valence-corrected chi connectivity index (χ0v) is 13.6. The van der Waals surface area contributed by atoms with Gasteiger partial charge in [0.2, 0.25) is 0 Å². The fraction of sp³-hybridized carbons (Fsp3) is 0.647. The molecule has 1 heterocycles. The maximum Gasteiger partial charge on any atom is 0.120 e. The molecule has 1 saturated heterocycles. The highest BCUT2D eigenvalue weighted by atomic mass is 16.5. The first-order valence-corrected chi connectivity index (χ1v) is 7.85. The summed E-state index contributed by atoms with van der Waals surface area (Å²) in [6, 6.07) is 8.34. The van der Waals surface area contributed by atoms with E-state index in [4.69, 9.17) is 10.5 Å². The summed E-state index contributed by atoms with van der Waals surface area (Å²) in [5, 5.41) is 0. The molecule has 0 radical (unpaired) electrons. The van der Waals surface area contributed by atoms with Crippen molar-refractivity contribution in [2.75, 3.05) is 51.3 Å². The molecule has 1 aliphatic heterocycles. The molecule has 1 aliphatic rings. The second-order valence-corrected chi connectivity index (χ2v) is 6.65. The number of nitrogens with zero attached hydrogens (tertiary/aromatic N) is 2. The molecule has 0 bridgehead atoms. The third kappa shape index (κ3) is 4.61. The van der Waals surface area contributed by atoms with Crippen LogP contribution in [0.2, 0.25) is 0 Å². The Bertz CT molecular complexity index is 439. The Labute approximate surface area is 128 Å². The Morgan fingerprint density at radius 2 is 1.90 bits per heavy atom. The molecule has 0 amide bonds. The van der Waals surface area contributed by atoms with Gasteiger partial charge in [-0.25, -0.2) is 0 Å². The van der Waals surface area contributed by atoms with Gasteiger partial charge in [0.1, 0.15) is 5.75 Å². The van der Waals surface area contributed by atoms with E-state index in [0.717, 1.165) is 45.0 Å². The molecule has 1 aromatic carbocycles. The topological polar surface area (TPSA) is 41.7 Å². The van der Waals surface area contributed by atoms with Crippen LogP contribution in [-0.4, -0.2) is 51.3 Å². The average molecular weight is 291 g/mol. The number of methoxy groups -OCH3 is 1. The van der Waals surface area contributed by atoms with Gasteiger partial charge in [-0.05, 0) is 37.1 Å². The van der Waals surface area contributed by atoms with E-state index in [1.807, 2.05) is 6.07 Å². The molecule has 0 aromatic heterocycles. The molecular weight excluding hydrogens is 262 g/mol. The van der Waals surface area contributed by atoms with Crippen molar-refractivity contribution in [1.82, 2.24) is 4.90 Å². The maximum absolute atomic E-state index is 5.81. The Kier molecular flexibility index (Phi) is 5.48. The van der Waals surface area contributed by atoms with E-state index in [2.05, 4.69) is 41.8 Å². The van der Waals surface area contributed by atoms with Gasteiger partial charge in [0.25, 0.3) is 0 Å². The number of nitrogens with two attached hydrogens (primary N) is 1. The van der Waals surface area contributed by atoms with Crippen LogP contribution in [0.3, 0.4) is 0 Å². The summed E-state index contributed by atoms with van der Waals surface area (Å²) in [7, 11) is 1.72. The monoisotopic (exact) mass is 291 g/mol. The fourth-order valence-corrected chi connectivity index (χ4v) is 2.60. The summed E-state index contributed by atoms with van der Waals surface area (Å²) in [4.78, 5) is 4.99. The zero-order valence-electron chi connectivity index (χ0n) is 13.6. The van der Waals surface area contributed by atoms with Crippen LogP contribution >= 0.6 is 0 Å². The molecule has 2 rings (SSSR count). The number of rotatable bonds is 6. The number of hydrogen-bond acceptors (Lipinski definition) is 4. The molecule has 118 valence electrons. The molecule has 4 nitrogen and oxygen atoms in total. The van der Waals surface area contributed by atoms with Crippen molar-refractivity contribution in [2.24, 2.45) is 11.1 Å². The van der Waals surface area contributed by atoms with Crippen LogP contribution in [0.5, 0.6) is 5.75 Å². The molecular formula is C17H29N3O. The highest BCUT2D eigenvalue weighted by molar-refractivity contribution is 5.51. The van der Waals surface area contributed by atoms with E-state index < -0.39 is 0 Å². The normalized spacial score (nSPS) is 17.0. The van der Waals surface area contributed by atoms with Crippen molar-refractivity contribution in [3.8, 4) is 5.75 Å². The average Bonchev–Trinajstić information content (AvgIpc) is 2.53. The van der Waals surface area contributed by atoms with Crippen molar-refractivity contribution < 1.29 is 4.74 Å². The Morgan fingerprint density at radius 3 is 2.52 bits per heavy atom. The Morgan fingerprint density at radius 1 is 1.19 bits per heavy atom. The minimum absolute atomic E-state index is 0.254. The van der Waals surface area contributed by atoms with Gasteiger partial charge >= 0.3 is 0 Å². The number of piperazine rings is 1. The summed E-state index contributed by atoms with van der Waals surface area (Å²) < 4.78 is 5.31. The Hall–Kier alpha value is -1.26. The number of ether oxygens (including phenoxy) is 1. The van der Waals surface area contributed by atoms with Crippen LogP contribution in [0, 0.1) is 5.41 Å². The molecule has 0 aliphatic carbocycles. The van der Waals surface area contributed by atoms with Gasteiger partial charge in [0.15, 0.2) is 0 Å². The molecule has 0 saturated carbocycles. The molecule has 0 spiro atoms. The third-order valence-electron chi connectivity index (χ3n) is 4.45. The quantitative estimate of drug-likeness (QED) is 0.872. The molecule has 2 N–H and O–H groups in total. The maximum atomic E-state index is 5.81. The first-order chi connectivity index (χ1) is 10.0. The van der Waals surface area contributed by atoms with Crippen LogP contribution in [-0.2, 0) is 0 Å². The lowest BCUT2D eigenvalue weighted by Gasteiger charge is -2.37. The number of hydrogen-bond donors (Lipinski definition) is 1. The smallest absolute Gasteiger partial charge is 0.120 e. The predicted octanol–water partition coefficient (Wildman–Crippen LogP) is 2.19. The van der Waals surface area contributed by atoms with Crippen LogP contribution < -0.4 is 15.4 Å². The van der Waals surface area contributed by atoms with Crippen molar-refractivity contribution in [3.63, 3.8) is 0 Å². The molecule has 1 aromatic rings. The van der Waals surface area contributed by atoms with E-state index in [1.165, 1.54) is 12.1 Å². The van der Waals surface area contributed by atoms with E-state index >= 15 is 0 Å². The van der Waals surface area contributed by atoms with Crippen molar-refractivity contribution in [2.45, 2.75) is 20.3 Å². The van der Waals surface area contributed by atoms with Crippen molar-refractivity contribution in [3.05, 3.63) is 24.3 Å². The van der Waals surface area contributed by atoms with Gasteiger partial charge < -0.3 is 15.4 Å². The summed E-state index contributed by atoms with van der Waals surface area (Å²) in [6.07, 6.45) is 1.17. The van der Waals surface area contributed by atoms with E-state index in [0.29, 0.717) is 0 Å². The molecule has 0 atom stereocenters. The summed E-state index contributed by atoms with van der Waals surface area (Å²) in [5.74, 6) is 0.930. The first-order valence-electron chi connectivity index (χ1n) is 7.85. The van der Waals surface area contributed by atoms with Crippen molar-refractivity contribution >= 4 is 5.69 Å². The van der Waals surface area contributed by atoms with Gasteiger partial charge in [0.05, 0.1) is 7.11 Å². The minimum Gasteiger partial charge on any atom is -0.497 e. The van der Waals surface area contributed by atoms with Crippen LogP contribution in [0.1, 0.15) is 20.3 Å². The molecule has 1 fully saturated rings. The van der Waals surface area contributed by atoms with Crippen LogP contribution in [0.25, 0.3) is 0 Å². The standard InChI is InChI=1S/C17H29N3O/c1-17(2,14-18)7-8-19-9-11-20(12-10-19)15-5-4-6-16(13-15)21-3/h4-6,13H,7-12,14,18H2,1-3H3. The van der Waals surface area contributed by atoms with E-state index in [-0.39, 0.29) is 5.41 Å². The first kappa shape index (κ1) is 16.1. The lowest BCUT2D eigenvalue weighted by Crippen LogP contribution is -2.47. The SMILES string of the molecule is COc1cccc(N2CCN(CCC(C)(C)CN)CC2)c1. The predicted molar refractivity (Wildman–Crippen MR) is 89.1 cm³/mol. The molecule has 0 unspecified atom stereocenters. The minimum atomic E-state index is 0.254.